The second-order valence-corrected chi connectivity index (χ2v) is 6.36. The number of H-pyrrole nitrogens is 1. The summed E-state index contributed by atoms with van der Waals surface area (Å²) in [5, 5.41) is 2.84. The Bertz CT molecular complexity index is 904. The zero-order chi connectivity index (χ0) is 17.1. The highest BCUT2D eigenvalue weighted by molar-refractivity contribution is 5.94. The molecule has 0 unspecified atom stereocenters. The highest BCUT2D eigenvalue weighted by Gasteiger charge is 2.07. The lowest BCUT2D eigenvalue weighted by atomic mass is 10.0. The fourth-order valence-electron chi connectivity index (χ4n) is 2.68. The predicted octanol–water partition coefficient (Wildman–Crippen LogP) is 3.50. The van der Waals surface area contributed by atoms with E-state index in [1.807, 2.05) is 12.1 Å². The standard InChI is InChI=1S/C19H20N2O3/c1-12(2)9-13-3-5-14(6-4-13)10-18(22)20-15-7-8-17-16(11-15)21-19(23)24-17/h3-8,11-12H,9-10H2,1-2H3,(H,20,22)(H,21,23). The molecule has 0 aliphatic heterocycles. The minimum absolute atomic E-state index is 0.100. The van der Waals surface area contributed by atoms with Crippen LogP contribution in [0, 0.1) is 5.92 Å². The van der Waals surface area contributed by atoms with E-state index in [4.69, 9.17) is 4.42 Å². The molecule has 0 saturated carbocycles. The summed E-state index contributed by atoms with van der Waals surface area (Å²) in [5.74, 6) is 0.00944. The van der Waals surface area contributed by atoms with Gasteiger partial charge in [0.1, 0.15) is 0 Å². The fourth-order valence-corrected chi connectivity index (χ4v) is 2.68. The number of rotatable bonds is 5. The van der Waals surface area contributed by atoms with Gasteiger partial charge in [-0.1, -0.05) is 38.1 Å². The molecular formula is C19H20N2O3. The number of carbonyl (C=O) groups excluding carboxylic acids is 1. The molecule has 1 aromatic heterocycles. The molecule has 0 atom stereocenters. The summed E-state index contributed by atoms with van der Waals surface area (Å²) in [6, 6.07) is 13.2. The van der Waals surface area contributed by atoms with Gasteiger partial charge in [0.25, 0.3) is 0 Å². The first-order valence-corrected chi connectivity index (χ1v) is 8.00. The van der Waals surface area contributed by atoms with Gasteiger partial charge in [-0.15, -0.1) is 0 Å². The van der Waals surface area contributed by atoms with Gasteiger partial charge in [0, 0.05) is 5.69 Å². The molecule has 124 valence electrons. The highest BCUT2D eigenvalue weighted by Crippen LogP contribution is 2.17. The van der Waals surface area contributed by atoms with Crippen LogP contribution in [-0.4, -0.2) is 10.9 Å². The SMILES string of the molecule is CC(C)Cc1ccc(CC(=O)Nc2ccc3oc(=O)[nH]c3c2)cc1. The first kappa shape index (κ1) is 16.1. The average Bonchev–Trinajstić information content (AvgIpc) is 2.88. The summed E-state index contributed by atoms with van der Waals surface area (Å²) >= 11 is 0. The average molecular weight is 324 g/mol. The largest absolute Gasteiger partial charge is 0.417 e. The molecule has 0 radical (unpaired) electrons. The van der Waals surface area contributed by atoms with Gasteiger partial charge in [-0.3, -0.25) is 9.78 Å². The third kappa shape index (κ3) is 3.93. The van der Waals surface area contributed by atoms with Crippen molar-refractivity contribution < 1.29 is 9.21 Å². The highest BCUT2D eigenvalue weighted by atomic mass is 16.4. The van der Waals surface area contributed by atoms with E-state index in [9.17, 15) is 9.59 Å². The van der Waals surface area contributed by atoms with E-state index in [-0.39, 0.29) is 5.91 Å². The molecule has 0 saturated heterocycles. The lowest BCUT2D eigenvalue weighted by molar-refractivity contribution is -0.115. The molecule has 0 bridgehead atoms. The Morgan fingerprint density at radius 1 is 1.12 bits per heavy atom. The minimum Gasteiger partial charge on any atom is -0.408 e. The summed E-state index contributed by atoms with van der Waals surface area (Å²) in [5.41, 5.74) is 3.91. The van der Waals surface area contributed by atoms with E-state index in [1.165, 1.54) is 5.56 Å². The number of carbonyl (C=O) groups is 1. The number of fused-ring (bicyclic) bond motifs is 1. The summed E-state index contributed by atoms with van der Waals surface area (Å²) in [4.78, 5) is 25.9. The van der Waals surface area contributed by atoms with E-state index in [2.05, 4.69) is 36.3 Å². The van der Waals surface area contributed by atoms with Gasteiger partial charge in [-0.05, 0) is 41.7 Å². The predicted molar refractivity (Wildman–Crippen MR) is 94.2 cm³/mol. The quantitative estimate of drug-likeness (QED) is 0.754. The van der Waals surface area contributed by atoms with Gasteiger partial charge in [-0.25, -0.2) is 4.79 Å². The van der Waals surface area contributed by atoms with E-state index >= 15 is 0 Å². The number of hydrogen-bond donors (Lipinski definition) is 2. The van der Waals surface area contributed by atoms with E-state index < -0.39 is 5.76 Å². The van der Waals surface area contributed by atoms with Crippen molar-refractivity contribution >= 4 is 22.7 Å². The molecule has 0 aliphatic rings. The van der Waals surface area contributed by atoms with Gasteiger partial charge in [0.15, 0.2) is 5.58 Å². The fraction of sp³-hybridized carbons (Fsp3) is 0.263. The molecule has 1 amide bonds. The van der Waals surface area contributed by atoms with Crippen molar-refractivity contribution in [3.05, 3.63) is 64.1 Å². The maximum absolute atomic E-state index is 12.2. The Morgan fingerprint density at radius 2 is 1.83 bits per heavy atom. The molecular weight excluding hydrogens is 304 g/mol. The van der Waals surface area contributed by atoms with Crippen molar-refractivity contribution in [1.82, 2.24) is 4.98 Å². The number of amides is 1. The summed E-state index contributed by atoms with van der Waals surface area (Å²) in [6.07, 6.45) is 1.34. The first-order valence-electron chi connectivity index (χ1n) is 8.00. The van der Waals surface area contributed by atoms with Crippen LogP contribution in [0.15, 0.2) is 51.7 Å². The number of oxazole rings is 1. The lowest BCUT2D eigenvalue weighted by Crippen LogP contribution is -2.14. The van der Waals surface area contributed by atoms with Crippen LogP contribution in [0.5, 0.6) is 0 Å². The topological polar surface area (TPSA) is 75.1 Å². The summed E-state index contributed by atoms with van der Waals surface area (Å²) < 4.78 is 4.94. The first-order chi connectivity index (χ1) is 11.5. The third-order valence-electron chi connectivity index (χ3n) is 3.73. The van der Waals surface area contributed by atoms with E-state index in [0.717, 1.165) is 12.0 Å². The number of nitrogens with one attached hydrogen (secondary N) is 2. The second-order valence-electron chi connectivity index (χ2n) is 6.36. The van der Waals surface area contributed by atoms with Gasteiger partial charge in [0.05, 0.1) is 11.9 Å². The van der Waals surface area contributed by atoms with Crippen LogP contribution in [0.25, 0.3) is 11.1 Å². The molecule has 3 aromatic rings. The van der Waals surface area contributed by atoms with Crippen molar-refractivity contribution in [2.75, 3.05) is 5.32 Å². The van der Waals surface area contributed by atoms with Crippen molar-refractivity contribution in [3.63, 3.8) is 0 Å². The molecule has 24 heavy (non-hydrogen) atoms. The normalized spacial score (nSPS) is 11.1. The maximum Gasteiger partial charge on any atom is 0.417 e. The lowest BCUT2D eigenvalue weighted by Gasteiger charge is -2.07. The molecule has 0 aliphatic carbocycles. The zero-order valence-corrected chi connectivity index (χ0v) is 13.8. The van der Waals surface area contributed by atoms with Crippen LogP contribution >= 0.6 is 0 Å². The molecule has 1 heterocycles. The number of hydrogen-bond acceptors (Lipinski definition) is 3. The van der Waals surface area contributed by atoms with Crippen LogP contribution in [0.1, 0.15) is 25.0 Å². The van der Waals surface area contributed by atoms with E-state index in [0.29, 0.717) is 29.1 Å². The van der Waals surface area contributed by atoms with Crippen molar-refractivity contribution in [2.45, 2.75) is 26.7 Å². The van der Waals surface area contributed by atoms with Crippen LogP contribution in [0.3, 0.4) is 0 Å². The van der Waals surface area contributed by atoms with Crippen LogP contribution in [0.4, 0.5) is 5.69 Å². The second kappa shape index (κ2) is 6.74. The Labute approximate surface area is 139 Å². The van der Waals surface area contributed by atoms with Gasteiger partial charge in [-0.2, -0.15) is 0 Å². The molecule has 2 N–H and O–H groups in total. The zero-order valence-electron chi connectivity index (χ0n) is 13.8. The molecule has 5 heteroatoms. The van der Waals surface area contributed by atoms with Crippen LogP contribution < -0.4 is 11.1 Å². The third-order valence-corrected chi connectivity index (χ3v) is 3.73. The molecule has 5 nitrogen and oxygen atoms in total. The van der Waals surface area contributed by atoms with Crippen LogP contribution in [0.2, 0.25) is 0 Å². The van der Waals surface area contributed by atoms with Crippen LogP contribution in [-0.2, 0) is 17.6 Å². The number of aromatic amines is 1. The Balaban J connectivity index is 1.64. The number of anilines is 1. The summed E-state index contributed by atoms with van der Waals surface area (Å²) in [6.45, 7) is 4.37. The van der Waals surface area contributed by atoms with Gasteiger partial charge < -0.3 is 9.73 Å². The van der Waals surface area contributed by atoms with Gasteiger partial charge >= 0.3 is 5.76 Å². The number of aromatic nitrogens is 1. The van der Waals surface area contributed by atoms with Crippen molar-refractivity contribution in [2.24, 2.45) is 5.92 Å². The molecule has 3 rings (SSSR count). The monoisotopic (exact) mass is 324 g/mol. The Hall–Kier alpha value is -2.82. The maximum atomic E-state index is 12.2. The Kier molecular flexibility index (Phi) is 4.51. The molecule has 0 spiro atoms. The summed E-state index contributed by atoms with van der Waals surface area (Å²) in [7, 11) is 0. The number of benzene rings is 2. The molecule has 2 aromatic carbocycles. The van der Waals surface area contributed by atoms with Gasteiger partial charge in [0.2, 0.25) is 5.91 Å². The van der Waals surface area contributed by atoms with E-state index in [1.54, 1.807) is 18.2 Å². The Morgan fingerprint density at radius 3 is 2.54 bits per heavy atom. The minimum atomic E-state index is -0.505. The smallest absolute Gasteiger partial charge is 0.408 e. The molecule has 0 fully saturated rings. The van der Waals surface area contributed by atoms with Crippen molar-refractivity contribution in [3.8, 4) is 0 Å². The van der Waals surface area contributed by atoms with Crippen molar-refractivity contribution in [1.29, 1.82) is 0 Å².